The molecule has 0 fully saturated rings. The van der Waals surface area contributed by atoms with Gasteiger partial charge in [0.1, 0.15) is 11.5 Å². The fourth-order valence-electron chi connectivity index (χ4n) is 3.91. The molecule has 0 bridgehead atoms. The van der Waals surface area contributed by atoms with Crippen LogP contribution in [0.5, 0.6) is 11.5 Å². The summed E-state index contributed by atoms with van der Waals surface area (Å²) in [5.74, 6) is 0.952. The van der Waals surface area contributed by atoms with Gasteiger partial charge in [-0.2, -0.15) is 0 Å². The lowest BCUT2D eigenvalue weighted by molar-refractivity contribution is -0.123. The number of anilines is 2. The lowest BCUT2D eigenvalue weighted by atomic mass is 10.0. The van der Waals surface area contributed by atoms with Crippen molar-refractivity contribution in [2.75, 3.05) is 10.6 Å². The molecule has 0 aliphatic carbocycles. The van der Waals surface area contributed by atoms with Crippen LogP contribution >= 0.6 is 0 Å². The number of ether oxygens (including phenoxy) is 2. The maximum atomic E-state index is 12.7. The van der Waals surface area contributed by atoms with Gasteiger partial charge in [-0.3, -0.25) is 9.59 Å². The minimum absolute atomic E-state index is 0.189. The Labute approximate surface area is 223 Å². The van der Waals surface area contributed by atoms with Crippen LogP contribution in [0.1, 0.15) is 26.7 Å². The van der Waals surface area contributed by atoms with Gasteiger partial charge in [-0.1, -0.05) is 74.5 Å². The first-order valence-electron chi connectivity index (χ1n) is 12.8. The molecular weight excluding hydrogens is 476 g/mol. The van der Waals surface area contributed by atoms with E-state index in [9.17, 15) is 9.59 Å². The van der Waals surface area contributed by atoms with Gasteiger partial charge in [-0.15, -0.1) is 0 Å². The largest absolute Gasteiger partial charge is 0.481 e. The summed E-state index contributed by atoms with van der Waals surface area (Å²) in [6.45, 7) is 3.84. The summed E-state index contributed by atoms with van der Waals surface area (Å²) < 4.78 is 11.7. The van der Waals surface area contributed by atoms with E-state index >= 15 is 0 Å². The van der Waals surface area contributed by atoms with Crippen molar-refractivity contribution < 1.29 is 19.1 Å². The van der Waals surface area contributed by atoms with Gasteiger partial charge in [0.2, 0.25) is 0 Å². The molecule has 0 saturated carbocycles. The van der Waals surface area contributed by atoms with E-state index in [1.54, 1.807) is 0 Å². The average Bonchev–Trinajstić information content (AvgIpc) is 2.96. The highest BCUT2D eigenvalue weighted by molar-refractivity contribution is 5.95. The second-order valence-corrected chi connectivity index (χ2v) is 8.79. The molecule has 6 heteroatoms. The molecule has 0 aromatic heterocycles. The van der Waals surface area contributed by atoms with Gasteiger partial charge in [0.15, 0.2) is 12.2 Å². The molecule has 6 nitrogen and oxygen atoms in total. The summed E-state index contributed by atoms with van der Waals surface area (Å²) in [6, 6.07) is 33.9. The zero-order valence-corrected chi connectivity index (χ0v) is 21.6. The quantitative estimate of drug-likeness (QED) is 0.230. The molecular formula is C32H32N2O4. The highest BCUT2D eigenvalue weighted by atomic mass is 16.5. The second kappa shape index (κ2) is 13.1. The first kappa shape index (κ1) is 26.5. The van der Waals surface area contributed by atoms with E-state index in [0.717, 1.165) is 11.1 Å². The van der Waals surface area contributed by atoms with E-state index in [1.807, 2.05) is 123 Å². The van der Waals surface area contributed by atoms with Crippen LogP contribution in [0.3, 0.4) is 0 Å². The molecule has 2 N–H and O–H groups in total. The summed E-state index contributed by atoms with van der Waals surface area (Å²) in [7, 11) is 0. The molecule has 2 amide bonds. The van der Waals surface area contributed by atoms with Gasteiger partial charge in [0.25, 0.3) is 11.8 Å². The summed E-state index contributed by atoms with van der Waals surface area (Å²) in [6.07, 6.45) is -0.0477. The molecule has 2 unspecified atom stereocenters. The average molecular weight is 509 g/mol. The highest BCUT2D eigenvalue weighted by Crippen LogP contribution is 2.24. The highest BCUT2D eigenvalue weighted by Gasteiger charge is 2.19. The number of rotatable bonds is 11. The molecule has 0 aliphatic rings. The van der Waals surface area contributed by atoms with Crippen molar-refractivity contribution in [2.24, 2.45) is 0 Å². The van der Waals surface area contributed by atoms with E-state index in [0.29, 0.717) is 35.7 Å². The molecule has 4 rings (SSSR count). The van der Waals surface area contributed by atoms with E-state index < -0.39 is 12.2 Å². The number of hydrogen-bond donors (Lipinski definition) is 2. The van der Waals surface area contributed by atoms with Crippen molar-refractivity contribution in [3.05, 3.63) is 109 Å². The Kier molecular flexibility index (Phi) is 9.13. The number of carbonyl (C=O) groups is 2. The van der Waals surface area contributed by atoms with Crippen LogP contribution in [-0.2, 0) is 9.59 Å². The third-order valence-electron chi connectivity index (χ3n) is 6.01. The first-order chi connectivity index (χ1) is 18.6. The van der Waals surface area contributed by atoms with Crippen LogP contribution in [0.4, 0.5) is 11.4 Å². The molecule has 0 spiro atoms. The standard InChI is InChI=1S/C32H32N2O4/c1-3-29(37-27-11-7-5-8-12-27)31(35)33-25-19-15-23(16-20-25)24-17-21-26(22-18-24)34-32(36)30(4-2)38-28-13-9-6-10-14-28/h5-22,29-30H,3-4H2,1-2H3,(H,33,35)(H,34,36). The Morgan fingerprint density at radius 3 is 1.21 bits per heavy atom. The van der Waals surface area contributed by atoms with Crippen molar-refractivity contribution >= 4 is 23.2 Å². The van der Waals surface area contributed by atoms with Crippen LogP contribution in [0, 0.1) is 0 Å². The van der Waals surface area contributed by atoms with Crippen LogP contribution in [-0.4, -0.2) is 24.0 Å². The molecule has 0 saturated heterocycles. The third-order valence-corrected chi connectivity index (χ3v) is 6.01. The fourth-order valence-corrected chi connectivity index (χ4v) is 3.91. The van der Waals surface area contributed by atoms with Crippen molar-refractivity contribution in [2.45, 2.75) is 38.9 Å². The van der Waals surface area contributed by atoms with Gasteiger partial charge in [0, 0.05) is 11.4 Å². The van der Waals surface area contributed by atoms with E-state index in [1.165, 1.54) is 0 Å². The number of hydrogen-bond acceptors (Lipinski definition) is 4. The summed E-state index contributed by atoms with van der Waals surface area (Å²) in [4.78, 5) is 25.4. The van der Waals surface area contributed by atoms with Crippen molar-refractivity contribution in [3.63, 3.8) is 0 Å². The molecule has 0 heterocycles. The fraction of sp³-hybridized carbons (Fsp3) is 0.188. The number of nitrogens with one attached hydrogen (secondary N) is 2. The normalized spacial score (nSPS) is 12.2. The first-order valence-corrected chi connectivity index (χ1v) is 12.8. The summed E-state index contributed by atoms with van der Waals surface area (Å²) in [5, 5.41) is 5.87. The van der Waals surface area contributed by atoms with E-state index in [2.05, 4.69) is 10.6 Å². The minimum Gasteiger partial charge on any atom is -0.481 e. The molecule has 4 aromatic rings. The van der Waals surface area contributed by atoms with Crippen molar-refractivity contribution in [3.8, 4) is 22.6 Å². The topological polar surface area (TPSA) is 76.7 Å². The smallest absolute Gasteiger partial charge is 0.265 e. The molecule has 2 atom stereocenters. The zero-order chi connectivity index (χ0) is 26.7. The van der Waals surface area contributed by atoms with Gasteiger partial charge in [-0.25, -0.2) is 0 Å². The van der Waals surface area contributed by atoms with Gasteiger partial charge in [-0.05, 0) is 72.5 Å². The molecule has 0 radical (unpaired) electrons. The molecule has 194 valence electrons. The number of benzene rings is 4. The predicted octanol–water partition coefficient (Wildman–Crippen LogP) is 6.95. The minimum atomic E-state index is -0.578. The maximum absolute atomic E-state index is 12.7. The third kappa shape index (κ3) is 7.23. The number of amides is 2. The number of para-hydroxylation sites is 2. The zero-order valence-electron chi connectivity index (χ0n) is 21.6. The lowest BCUT2D eigenvalue weighted by Gasteiger charge is -2.17. The maximum Gasteiger partial charge on any atom is 0.265 e. The van der Waals surface area contributed by atoms with Crippen molar-refractivity contribution in [1.29, 1.82) is 0 Å². The molecule has 4 aromatic carbocycles. The Morgan fingerprint density at radius 2 is 0.895 bits per heavy atom. The van der Waals surface area contributed by atoms with Crippen molar-refractivity contribution in [1.82, 2.24) is 0 Å². The Hall–Kier alpha value is -4.58. The van der Waals surface area contributed by atoms with Gasteiger partial charge >= 0.3 is 0 Å². The monoisotopic (exact) mass is 508 g/mol. The predicted molar refractivity (Wildman–Crippen MR) is 151 cm³/mol. The molecule has 0 aliphatic heterocycles. The van der Waals surface area contributed by atoms with E-state index in [-0.39, 0.29) is 11.8 Å². The van der Waals surface area contributed by atoms with Crippen LogP contribution in [0.2, 0.25) is 0 Å². The van der Waals surface area contributed by atoms with Gasteiger partial charge in [0.05, 0.1) is 0 Å². The van der Waals surface area contributed by atoms with E-state index in [4.69, 9.17) is 9.47 Å². The Balaban J connectivity index is 1.33. The Bertz CT molecular complexity index is 1200. The SMILES string of the molecule is CCC(Oc1ccccc1)C(=O)Nc1ccc(-c2ccc(NC(=O)C(CC)Oc3ccccc3)cc2)cc1. The van der Waals surface area contributed by atoms with Crippen LogP contribution in [0.25, 0.3) is 11.1 Å². The molecule has 38 heavy (non-hydrogen) atoms. The second-order valence-electron chi connectivity index (χ2n) is 8.79. The summed E-state index contributed by atoms with van der Waals surface area (Å²) in [5.41, 5.74) is 3.38. The Morgan fingerprint density at radius 1 is 0.553 bits per heavy atom. The van der Waals surface area contributed by atoms with Crippen LogP contribution in [0.15, 0.2) is 109 Å². The lowest BCUT2D eigenvalue weighted by Crippen LogP contribution is -2.32. The van der Waals surface area contributed by atoms with Crippen LogP contribution < -0.4 is 20.1 Å². The summed E-state index contributed by atoms with van der Waals surface area (Å²) >= 11 is 0. The van der Waals surface area contributed by atoms with Gasteiger partial charge < -0.3 is 20.1 Å². The number of carbonyl (C=O) groups excluding carboxylic acids is 2.